The fourth-order valence-electron chi connectivity index (χ4n) is 3.20. The van der Waals surface area contributed by atoms with Gasteiger partial charge in [-0.3, -0.25) is 4.79 Å². The number of hydrogen-bond acceptors (Lipinski definition) is 5. The summed E-state index contributed by atoms with van der Waals surface area (Å²) >= 11 is 0. The molecule has 1 saturated heterocycles. The normalized spacial score (nSPS) is 14.6. The fraction of sp³-hybridized carbons (Fsp3) is 0.333. The van der Waals surface area contributed by atoms with E-state index in [0.717, 1.165) is 24.0 Å². The first-order valence-corrected chi connectivity index (χ1v) is 10.9. The van der Waals surface area contributed by atoms with E-state index in [0.29, 0.717) is 18.8 Å². The van der Waals surface area contributed by atoms with Crippen LogP contribution in [0.15, 0.2) is 47.4 Å². The Morgan fingerprint density at radius 1 is 1.03 bits per heavy atom. The van der Waals surface area contributed by atoms with Gasteiger partial charge in [0.1, 0.15) is 0 Å². The minimum atomic E-state index is -3.53. The van der Waals surface area contributed by atoms with Gasteiger partial charge in [-0.1, -0.05) is 17.7 Å². The molecule has 2 aromatic carbocycles. The fourth-order valence-corrected chi connectivity index (χ4v) is 4.71. The van der Waals surface area contributed by atoms with Gasteiger partial charge in [-0.2, -0.15) is 4.31 Å². The van der Waals surface area contributed by atoms with Crippen LogP contribution in [-0.4, -0.2) is 44.3 Å². The summed E-state index contributed by atoms with van der Waals surface area (Å²) < 4.78 is 31.5. The zero-order valence-corrected chi connectivity index (χ0v) is 17.3. The molecule has 1 heterocycles. The van der Waals surface area contributed by atoms with E-state index in [2.05, 4.69) is 5.32 Å². The highest BCUT2D eigenvalue weighted by molar-refractivity contribution is 7.89. The van der Waals surface area contributed by atoms with E-state index in [1.54, 1.807) is 6.07 Å². The molecule has 2 aromatic rings. The number of carbonyl (C=O) groups is 2. The largest absolute Gasteiger partial charge is 0.452 e. The smallest absolute Gasteiger partial charge is 0.338 e. The number of carbonyl (C=O) groups excluding carboxylic acids is 2. The van der Waals surface area contributed by atoms with Crippen molar-refractivity contribution >= 4 is 27.6 Å². The molecule has 0 unspecified atom stereocenters. The molecule has 1 amide bonds. The van der Waals surface area contributed by atoms with Crippen LogP contribution < -0.4 is 5.32 Å². The van der Waals surface area contributed by atoms with Crippen LogP contribution in [0.3, 0.4) is 0 Å². The Balaban J connectivity index is 1.57. The van der Waals surface area contributed by atoms with E-state index in [1.165, 1.54) is 28.6 Å². The third kappa shape index (κ3) is 5.02. The number of hydrogen-bond donors (Lipinski definition) is 1. The molecule has 0 radical (unpaired) electrons. The predicted octanol–water partition coefficient (Wildman–Crippen LogP) is 2.88. The van der Waals surface area contributed by atoms with Crippen LogP contribution in [0.1, 0.15) is 34.3 Å². The molecule has 1 aliphatic heterocycles. The summed E-state index contributed by atoms with van der Waals surface area (Å²) in [7, 11) is -3.53. The highest BCUT2D eigenvalue weighted by Gasteiger charge is 2.27. The quantitative estimate of drug-likeness (QED) is 0.731. The Morgan fingerprint density at radius 3 is 2.31 bits per heavy atom. The molecule has 1 fully saturated rings. The first-order valence-electron chi connectivity index (χ1n) is 9.42. The van der Waals surface area contributed by atoms with Crippen molar-refractivity contribution in [2.75, 3.05) is 25.0 Å². The number of rotatable bonds is 6. The third-order valence-corrected chi connectivity index (χ3v) is 6.70. The van der Waals surface area contributed by atoms with Gasteiger partial charge in [0.15, 0.2) is 6.61 Å². The van der Waals surface area contributed by atoms with E-state index in [1.807, 2.05) is 26.0 Å². The Bertz CT molecular complexity index is 1010. The lowest BCUT2D eigenvalue weighted by molar-refractivity contribution is -0.119. The van der Waals surface area contributed by atoms with Gasteiger partial charge < -0.3 is 10.1 Å². The van der Waals surface area contributed by atoms with Gasteiger partial charge in [-0.25, -0.2) is 13.2 Å². The van der Waals surface area contributed by atoms with Crippen molar-refractivity contribution in [2.24, 2.45) is 0 Å². The Labute approximate surface area is 170 Å². The summed E-state index contributed by atoms with van der Waals surface area (Å²) in [6.07, 6.45) is 1.71. The number of benzene rings is 2. The van der Waals surface area contributed by atoms with Gasteiger partial charge in [-0.15, -0.1) is 0 Å². The molecular weight excluding hydrogens is 392 g/mol. The molecule has 0 aliphatic carbocycles. The maximum atomic E-state index is 12.5. The second kappa shape index (κ2) is 8.75. The zero-order chi connectivity index (χ0) is 21.0. The summed E-state index contributed by atoms with van der Waals surface area (Å²) in [6, 6.07) is 11.2. The molecule has 8 heteroatoms. The molecular formula is C21H24N2O5S. The number of sulfonamides is 1. The summed E-state index contributed by atoms with van der Waals surface area (Å²) in [5.74, 6) is -1.13. The lowest BCUT2D eigenvalue weighted by atomic mass is 10.1. The van der Waals surface area contributed by atoms with Crippen LogP contribution in [0.4, 0.5) is 5.69 Å². The highest BCUT2D eigenvalue weighted by atomic mass is 32.2. The summed E-state index contributed by atoms with van der Waals surface area (Å²) in [5, 5.41) is 2.70. The number of nitrogens with zero attached hydrogens (tertiary/aromatic N) is 1. The number of amides is 1. The molecule has 0 atom stereocenters. The topological polar surface area (TPSA) is 92.8 Å². The molecule has 0 spiro atoms. The van der Waals surface area contributed by atoms with Crippen molar-refractivity contribution in [3.63, 3.8) is 0 Å². The van der Waals surface area contributed by atoms with Crippen LogP contribution in [0.25, 0.3) is 0 Å². The minimum Gasteiger partial charge on any atom is -0.452 e. The average Bonchev–Trinajstić information content (AvgIpc) is 3.24. The van der Waals surface area contributed by atoms with Crippen LogP contribution in [0, 0.1) is 13.8 Å². The average molecular weight is 416 g/mol. The maximum absolute atomic E-state index is 12.5. The summed E-state index contributed by atoms with van der Waals surface area (Å²) in [6.45, 7) is 4.44. The van der Waals surface area contributed by atoms with E-state index in [-0.39, 0.29) is 10.5 Å². The lowest BCUT2D eigenvalue weighted by Crippen LogP contribution is -2.27. The molecule has 154 valence electrons. The van der Waals surface area contributed by atoms with Gasteiger partial charge in [0, 0.05) is 18.8 Å². The van der Waals surface area contributed by atoms with Crippen LogP contribution in [0.5, 0.6) is 0 Å². The van der Waals surface area contributed by atoms with Crippen molar-refractivity contribution in [1.82, 2.24) is 4.31 Å². The van der Waals surface area contributed by atoms with Crippen LogP contribution >= 0.6 is 0 Å². The van der Waals surface area contributed by atoms with E-state index >= 15 is 0 Å². The van der Waals surface area contributed by atoms with Gasteiger partial charge in [0.05, 0.1) is 10.5 Å². The van der Waals surface area contributed by atoms with Crippen molar-refractivity contribution < 1.29 is 22.7 Å². The highest BCUT2D eigenvalue weighted by Crippen LogP contribution is 2.21. The summed E-state index contributed by atoms with van der Waals surface area (Å²) in [5.41, 5.74) is 2.85. The number of ether oxygens (including phenoxy) is 1. The first-order chi connectivity index (χ1) is 13.8. The van der Waals surface area contributed by atoms with Gasteiger partial charge in [0.2, 0.25) is 10.0 Å². The molecule has 3 rings (SSSR count). The van der Waals surface area contributed by atoms with Crippen molar-refractivity contribution in [1.29, 1.82) is 0 Å². The second-order valence-electron chi connectivity index (χ2n) is 7.08. The van der Waals surface area contributed by atoms with Crippen LogP contribution in [0.2, 0.25) is 0 Å². The molecule has 0 bridgehead atoms. The predicted molar refractivity (Wildman–Crippen MR) is 109 cm³/mol. The number of nitrogens with one attached hydrogen (secondary N) is 1. The monoisotopic (exact) mass is 416 g/mol. The van der Waals surface area contributed by atoms with Crippen LogP contribution in [-0.2, 0) is 19.6 Å². The van der Waals surface area contributed by atoms with E-state index < -0.39 is 28.5 Å². The van der Waals surface area contributed by atoms with E-state index in [4.69, 9.17) is 4.74 Å². The Morgan fingerprint density at radius 2 is 1.69 bits per heavy atom. The Hall–Kier alpha value is -2.71. The number of anilines is 1. The maximum Gasteiger partial charge on any atom is 0.338 e. The minimum absolute atomic E-state index is 0.142. The lowest BCUT2D eigenvalue weighted by Gasteiger charge is -2.15. The molecule has 0 aromatic heterocycles. The standard InChI is InChI=1S/C21H24N2O5S/c1-15-5-10-19(16(2)13-15)22-20(24)14-28-21(25)17-6-8-18(9-7-17)29(26,27)23-11-3-4-12-23/h5-10,13H,3-4,11-12,14H2,1-2H3,(H,22,24). The molecule has 1 aliphatic rings. The van der Waals surface area contributed by atoms with E-state index in [9.17, 15) is 18.0 Å². The first kappa shape index (κ1) is 21.0. The van der Waals surface area contributed by atoms with Crippen molar-refractivity contribution in [2.45, 2.75) is 31.6 Å². The van der Waals surface area contributed by atoms with Gasteiger partial charge in [-0.05, 0) is 62.6 Å². The van der Waals surface area contributed by atoms with Gasteiger partial charge in [0.25, 0.3) is 5.91 Å². The zero-order valence-electron chi connectivity index (χ0n) is 16.5. The molecule has 1 N–H and O–H groups in total. The number of aryl methyl sites for hydroxylation is 2. The van der Waals surface area contributed by atoms with Crippen molar-refractivity contribution in [3.8, 4) is 0 Å². The molecule has 29 heavy (non-hydrogen) atoms. The molecule has 0 saturated carbocycles. The Kier molecular flexibility index (Phi) is 6.34. The van der Waals surface area contributed by atoms with Crippen molar-refractivity contribution in [3.05, 3.63) is 59.2 Å². The second-order valence-corrected chi connectivity index (χ2v) is 9.02. The number of esters is 1. The third-order valence-electron chi connectivity index (χ3n) is 4.78. The summed E-state index contributed by atoms with van der Waals surface area (Å²) in [4.78, 5) is 24.4. The van der Waals surface area contributed by atoms with Gasteiger partial charge >= 0.3 is 5.97 Å². The SMILES string of the molecule is Cc1ccc(NC(=O)COC(=O)c2ccc(S(=O)(=O)N3CCCC3)cc2)c(C)c1. The molecule has 7 nitrogen and oxygen atoms in total.